The number of benzene rings is 1. The maximum atomic E-state index is 4.62. The molecule has 1 heterocycles. The van der Waals surface area contributed by atoms with Gasteiger partial charge in [0.05, 0.1) is 5.69 Å². The standard InChI is InChI=1S/C15H20N2S/c1-3-4-5-12-6-8-13(9-7-12)14-11-18-15(17-14)10-16-2/h6-9,11,16H,3-5,10H2,1-2H3. The second-order valence-electron chi connectivity index (χ2n) is 4.46. The van der Waals surface area contributed by atoms with E-state index in [2.05, 4.69) is 46.9 Å². The Hall–Kier alpha value is -1.19. The van der Waals surface area contributed by atoms with Crippen LogP contribution >= 0.6 is 11.3 Å². The van der Waals surface area contributed by atoms with E-state index in [9.17, 15) is 0 Å². The van der Waals surface area contributed by atoms with E-state index in [4.69, 9.17) is 0 Å². The molecule has 0 saturated carbocycles. The summed E-state index contributed by atoms with van der Waals surface area (Å²) in [6.45, 7) is 3.08. The van der Waals surface area contributed by atoms with E-state index < -0.39 is 0 Å². The second-order valence-corrected chi connectivity index (χ2v) is 5.40. The van der Waals surface area contributed by atoms with Crippen molar-refractivity contribution in [3.05, 3.63) is 40.2 Å². The summed E-state index contributed by atoms with van der Waals surface area (Å²) < 4.78 is 0. The van der Waals surface area contributed by atoms with Crippen LogP contribution in [0.25, 0.3) is 11.3 Å². The highest BCUT2D eigenvalue weighted by Gasteiger charge is 2.03. The summed E-state index contributed by atoms with van der Waals surface area (Å²) in [5.41, 5.74) is 3.73. The molecule has 0 bridgehead atoms. The largest absolute Gasteiger partial charge is 0.314 e. The lowest BCUT2D eigenvalue weighted by Crippen LogP contribution is -2.04. The smallest absolute Gasteiger partial charge is 0.107 e. The molecule has 2 rings (SSSR count). The average molecular weight is 260 g/mol. The van der Waals surface area contributed by atoms with Gasteiger partial charge in [0.15, 0.2) is 0 Å². The summed E-state index contributed by atoms with van der Waals surface area (Å²) in [4.78, 5) is 4.62. The number of aryl methyl sites for hydroxylation is 1. The quantitative estimate of drug-likeness (QED) is 0.852. The average Bonchev–Trinajstić information content (AvgIpc) is 2.86. The molecule has 0 atom stereocenters. The Bertz CT molecular complexity index is 473. The van der Waals surface area contributed by atoms with Gasteiger partial charge in [-0.25, -0.2) is 4.98 Å². The SMILES string of the molecule is CCCCc1ccc(-c2csc(CNC)n2)cc1. The molecule has 2 aromatic rings. The maximum absolute atomic E-state index is 4.62. The van der Waals surface area contributed by atoms with Crippen molar-refractivity contribution in [3.8, 4) is 11.3 Å². The van der Waals surface area contributed by atoms with E-state index >= 15 is 0 Å². The van der Waals surface area contributed by atoms with Gasteiger partial charge in [0.1, 0.15) is 5.01 Å². The lowest BCUT2D eigenvalue weighted by Gasteiger charge is -2.01. The zero-order valence-electron chi connectivity index (χ0n) is 11.1. The van der Waals surface area contributed by atoms with E-state index in [-0.39, 0.29) is 0 Å². The van der Waals surface area contributed by atoms with Crippen LogP contribution in [0.5, 0.6) is 0 Å². The summed E-state index contributed by atoms with van der Waals surface area (Å²) in [5, 5.41) is 6.40. The minimum Gasteiger partial charge on any atom is -0.314 e. The number of unbranched alkanes of at least 4 members (excludes halogenated alkanes) is 1. The third kappa shape index (κ3) is 3.40. The van der Waals surface area contributed by atoms with E-state index in [1.165, 1.54) is 30.4 Å². The topological polar surface area (TPSA) is 24.9 Å². The summed E-state index contributed by atoms with van der Waals surface area (Å²) >= 11 is 1.71. The van der Waals surface area contributed by atoms with E-state index in [1.54, 1.807) is 11.3 Å². The predicted octanol–water partition coefficient (Wildman–Crippen LogP) is 3.87. The fourth-order valence-electron chi connectivity index (χ4n) is 1.90. The van der Waals surface area contributed by atoms with Crippen molar-refractivity contribution in [2.45, 2.75) is 32.7 Å². The summed E-state index contributed by atoms with van der Waals surface area (Å²) in [5.74, 6) is 0. The van der Waals surface area contributed by atoms with Crippen LogP contribution in [0.1, 0.15) is 30.3 Å². The number of hydrogen-bond donors (Lipinski definition) is 1. The van der Waals surface area contributed by atoms with E-state index in [0.717, 1.165) is 17.2 Å². The Morgan fingerprint density at radius 2 is 2.00 bits per heavy atom. The van der Waals surface area contributed by atoms with Crippen LogP contribution < -0.4 is 5.32 Å². The molecule has 2 nitrogen and oxygen atoms in total. The number of hydrogen-bond acceptors (Lipinski definition) is 3. The minimum atomic E-state index is 0.846. The normalized spacial score (nSPS) is 10.8. The van der Waals surface area contributed by atoms with Gasteiger partial charge in [-0.3, -0.25) is 0 Å². The summed E-state index contributed by atoms with van der Waals surface area (Å²) in [6, 6.07) is 8.82. The van der Waals surface area contributed by atoms with Crippen molar-refractivity contribution >= 4 is 11.3 Å². The van der Waals surface area contributed by atoms with Gasteiger partial charge in [-0.15, -0.1) is 11.3 Å². The minimum absolute atomic E-state index is 0.846. The van der Waals surface area contributed by atoms with Gasteiger partial charge < -0.3 is 5.32 Å². The van der Waals surface area contributed by atoms with Gasteiger partial charge in [-0.1, -0.05) is 37.6 Å². The molecular formula is C15H20N2S. The molecular weight excluding hydrogens is 240 g/mol. The highest BCUT2D eigenvalue weighted by atomic mass is 32.1. The van der Waals surface area contributed by atoms with Crippen molar-refractivity contribution < 1.29 is 0 Å². The zero-order chi connectivity index (χ0) is 12.8. The number of nitrogens with one attached hydrogen (secondary N) is 1. The first-order chi connectivity index (χ1) is 8.83. The third-order valence-corrected chi connectivity index (χ3v) is 3.80. The first-order valence-electron chi connectivity index (χ1n) is 6.51. The Labute approximate surface area is 113 Å². The second kappa shape index (κ2) is 6.66. The molecule has 1 aromatic carbocycles. The lowest BCUT2D eigenvalue weighted by atomic mass is 10.1. The summed E-state index contributed by atoms with van der Waals surface area (Å²) in [6.07, 6.45) is 3.70. The molecule has 0 spiro atoms. The third-order valence-electron chi connectivity index (χ3n) is 2.95. The Morgan fingerprint density at radius 1 is 1.22 bits per heavy atom. The monoisotopic (exact) mass is 260 g/mol. The van der Waals surface area contributed by atoms with Crippen LogP contribution in [0.2, 0.25) is 0 Å². The van der Waals surface area contributed by atoms with Crippen molar-refractivity contribution in [2.24, 2.45) is 0 Å². The number of nitrogens with zero attached hydrogens (tertiary/aromatic N) is 1. The van der Waals surface area contributed by atoms with Gasteiger partial charge in [0.2, 0.25) is 0 Å². The van der Waals surface area contributed by atoms with Crippen molar-refractivity contribution in [3.63, 3.8) is 0 Å². The van der Waals surface area contributed by atoms with Crippen LogP contribution in [0.3, 0.4) is 0 Å². The van der Waals surface area contributed by atoms with Crippen molar-refractivity contribution in [1.82, 2.24) is 10.3 Å². The van der Waals surface area contributed by atoms with Gasteiger partial charge in [0, 0.05) is 17.5 Å². The van der Waals surface area contributed by atoms with Gasteiger partial charge >= 0.3 is 0 Å². The maximum Gasteiger partial charge on any atom is 0.107 e. The molecule has 0 saturated heterocycles. The molecule has 3 heteroatoms. The van der Waals surface area contributed by atoms with Gasteiger partial charge in [-0.05, 0) is 25.5 Å². The van der Waals surface area contributed by atoms with E-state index in [1.807, 2.05) is 7.05 Å². The molecule has 0 unspecified atom stereocenters. The van der Waals surface area contributed by atoms with Crippen LogP contribution in [-0.4, -0.2) is 12.0 Å². The first-order valence-corrected chi connectivity index (χ1v) is 7.39. The molecule has 0 amide bonds. The van der Waals surface area contributed by atoms with Gasteiger partial charge in [0.25, 0.3) is 0 Å². The molecule has 96 valence electrons. The lowest BCUT2D eigenvalue weighted by molar-refractivity contribution is 0.795. The molecule has 0 radical (unpaired) electrons. The highest BCUT2D eigenvalue weighted by molar-refractivity contribution is 7.09. The molecule has 0 aliphatic carbocycles. The van der Waals surface area contributed by atoms with Gasteiger partial charge in [-0.2, -0.15) is 0 Å². The van der Waals surface area contributed by atoms with E-state index in [0.29, 0.717) is 0 Å². The van der Waals surface area contributed by atoms with Crippen LogP contribution in [0.15, 0.2) is 29.6 Å². The fourth-order valence-corrected chi connectivity index (χ4v) is 2.71. The number of rotatable bonds is 6. The first kappa shape index (κ1) is 13.2. The molecule has 0 aliphatic heterocycles. The predicted molar refractivity (Wildman–Crippen MR) is 78.9 cm³/mol. The number of aromatic nitrogens is 1. The zero-order valence-corrected chi connectivity index (χ0v) is 11.9. The molecule has 1 aromatic heterocycles. The highest BCUT2D eigenvalue weighted by Crippen LogP contribution is 2.22. The number of thiazole rings is 1. The Morgan fingerprint density at radius 3 is 2.67 bits per heavy atom. The van der Waals surface area contributed by atoms with Crippen LogP contribution in [-0.2, 0) is 13.0 Å². The molecule has 18 heavy (non-hydrogen) atoms. The van der Waals surface area contributed by atoms with Crippen molar-refractivity contribution in [2.75, 3.05) is 7.05 Å². The molecule has 1 N–H and O–H groups in total. The summed E-state index contributed by atoms with van der Waals surface area (Å²) in [7, 11) is 1.95. The Balaban J connectivity index is 2.07. The van der Waals surface area contributed by atoms with Crippen molar-refractivity contribution in [1.29, 1.82) is 0 Å². The van der Waals surface area contributed by atoms with Crippen LogP contribution in [0, 0.1) is 0 Å². The van der Waals surface area contributed by atoms with Crippen LogP contribution in [0.4, 0.5) is 0 Å². The Kier molecular flexibility index (Phi) is 4.90. The molecule has 0 fully saturated rings. The fraction of sp³-hybridized carbons (Fsp3) is 0.400. The molecule has 0 aliphatic rings.